The van der Waals surface area contributed by atoms with Gasteiger partial charge in [0, 0.05) is 0 Å². The van der Waals surface area contributed by atoms with E-state index in [0.717, 1.165) is 25.7 Å². The van der Waals surface area contributed by atoms with Gasteiger partial charge in [0.1, 0.15) is 0 Å². The molecule has 1 aliphatic carbocycles. The predicted octanol–water partition coefficient (Wildman–Crippen LogP) is 16.4. The van der Waals surface area contributed by atoms with Crippen molar-refractivity contribution in [2.75, 3.05) is 0 Å². The Morgan fingerprint density at radius 3 is 0.714 bits per heavy atom. The van der Waals surface area contributed by atoms with Crippen molar-refractivity contribution >= 4 is 0 Å². The standard InChI is InChI=1S/C56H64/c1-9-37(5)33-41-17-25-45(26-18-41)51-52(46-27-19-42(20-28-46)34-38(6)10-2)54(48-31-23-44(24-32-48)36-40(8)12-4)56-50-16-14-13-15-49(50)55(56)53(51)47-29-21-43(22-30-47)35-39(7)11-3/h13-32,37-40H,9-12,33-36H2,1-8H3. The van der Waals surface area contributed by atoms with Crippen LogP contribution in [0.25, 0.3) is 66.8 Å². The second kappa shape index (κ2) is 17.6. The van der Waals surface area contributed by atoms with Crippen molar-refractivity contribution in [1.29, 1.82) is 0 Å². The van der Waals surface area contributed by atoms with Gasteiger partial charge >= 0.3 is 0 Å². The summed E-state index contributed by atoms with van der Waals surface area (Å²) < 4.78 is 0. The van der Waals surface area contributed by atoms with Crippen LogP contribution in [0.1, 0.15) is 103 Å². The second-order valence-electron chi connectivity index (χ2n) is 17.5. The van der Waals surface area contributed by atoms with Crippen molar-refractivity contribution in [3.8, 4) is 66.8 Å². The van der Waals surface area contributed by atoms with E-state index < -0.39 is 0 Å². The Hall–Kier alpha value is -4.68. The van der Waals surface area contributed by atoms with Gasteiger partial charge in [-0.05, 0) is 138 Å². The van der Waals surface area contributed by atoms with Crippen LogP contribution in [-0.2, 0) is 25.7 Å². The Kier molecular flexibility index (Phi) is 12.5. The summed E-state index contributed by atoms with van der Waals surface area (Å²) in [6.07, 6.45) is 9.23. The summed E-state index contributed by atoms with van der Waals surface area (Å²) in [5, 5.41) is 0. The van der Waals surface area contributed by atoms with E-state index in [2.05, 4.69) is 177 Å². The summed E-state index contributed by atoms with van der Waals surface area (Å²) in [6, 6.07) is 47.6. The molecule has 0 fully saturated rings. The molecule has 0 amide bonds. The zero-order valence-electron chi connectivity index (χ0n) is 35.5. The minimum atomic E-state index is 0.665. The SMILES string of the molecule is CCC(C)Cc1ccc(-c2c(-c3ccc(CC(C)CC)cc3)c(-c3ccc(CC(C)CC)cc3)c3c(c2-c2ccc(CC(C)CC)cc2)-c2ccccc2-3)cc1. The predicted molar refractivity (Wildman–Crippen MR) is 245 cm³/mol. The van der Waals surface area contributed by atoms with E-state index in [1.807, 2.05) is 0 Å². The monoisotopic (exact) mass is 737 g/mol. The highest BCUT2D eigenvalue weighted by Crippen LogP contribution is 2.62. The van der Waals surface area contributed by atoms with Gasteiger partial charge in [-0.1, -0.05) is 202 Å². The number of hydrogen-bond acceptors (Lipinski definition) is 0. The lowest BCUT2D eigenvalue weighted by Gasteiger charge is -2.35. The summed E-state index contributed by atoms with van der Waals surface area (Å²) >= 11 is 0. The van der Waals surface area contributed by atoms with E-state index >= 15 is 0 Å². The van der Waals surface area contributed by atoms with Gasteiger partial charge in [-0.25, -0.2) is 0 Å². The molecule has 0 heterocycles. The fourth-order valence-electron chi connectivity index (χ4n) is 8.72. The van der Waals surface area contributed by atoms with Crippen LogP contribution in [0.3, 0.4) is 0 Å². The minimum Gasteiger partial charge on any atom is -0.0651 e. The largest absolute Gasteiger partial charge is 0.0651 e. The van der Waals surface area contributed by atoms with E-state index in [1.165, 1.54) is 115 Å². The summed E-state index contributed by atoms with van der Waals surface area (Å²) in [5.74, 6) is 2.67. The fraction of sp³-hybridized carbons (Fsp3) is 0.357. The molecular formula is C56H64. The van der Waals surface area contributed by atoms with Crippen molar-refractivity contribution in [3.63, 3.8) is 0 Å². The van der Waals surface area contributed by atoms with E-state index in [4.69, 9.17) is 0 Å². The normalized spacial score (nSPS) is 14.0. The molecule has 6 aromatic carbocycles. The van der Waals surface area contributed by atoms with Crippen LogP contribution in [0.4, 0.5) is 0 Å². The van der Waals surface area contributed by atoms with Crippen LogP contribution in [0.2, 0.25) is 0 Å². The van der Waals surface area contributed by atoms with Gasteiger partial charge in [0.15, 0.2) is 0 Å². The third kappa shape index (κ3) is 8.23. The number of rotatable bonds is 16. The maximum Gasteiger partial charge on any atom is -0.000741 e. The molecule has 0 nitrogen and oxygen atoms in total. The quantitative estimate of drug-likeness (QED) is 0.0927. The maximum atomic E-state index is 2.42. The summed E-state index contributed by atoms with van der Waals surface area (Å²) in [7, 11) is 0. The lowest BCUT2D eigenvalue weighted by atomic mass is 9.67. The first-order chi connectivity index (χ1) is 27.2. The molecule has 4 atom stereocenters. The summed E-state index contributed by atoms with van der Waals surface area (Å²) in [6.45, 7) is 18.7. The molecule has 288 valence electrons. The average molecular weight is 737 g/mol. The topological polar surface area (TPSA) is 0 Å². The Labute approximate surface area is 339 Å². The first-order valence-electron chi connectivity index (χ1n) is 21.9. The highest BCUT2D eigenvalue weighted by atomic mass is 14.4. The Morgan fingerprint density at radius 2 is 0.500 bits per heavy atom. The van der Waals surface area contributed by atoms with Gasteiger partial charge in [0.2, 0.25) is 0 Å². The first-order valence-corrected chi connectivity index (χ1v) is 21.9. The van der Waals surface area contributed by atoms with E-state index in [1.54, 1.807) is 0 Å². The van der Waals surface area contributed by atoms with E-state index in [-0.39, 0.29) is 0 Å². The van der Waals surface area contributed by atoms with Crippen LogP contribution in [0.15, 0.2) is 121 Å². The Morgan fingerprint density at radius 1 is 0.286 bits per heavy atom. The van der Waals surface area contributed by atoms with Crippen LogP contribution in [0, 0.1) is 23.7 Å². The van der Waals surface area contributed by atoms with Crippen LogP contribution < -0.4 is 0 Å². The van der Waals surface area contributed by atoms with Crippen molar-refractivity contribution in [2.45, 2.75) is 107 Å². The molecule has 56 heavy (non-hydrogen) atoms. The molecule has 0 aromatic heterocycles. The number of benzene rings is 6. The lowest BCUT2D eigenvalue weighted by Crippen LogP contribution is -2.08. The molecule has 0 spiro atoms. The van der Waals surface area contributed by atoms with E-state index in [9.17, 15) is 0 Å². The van der Waals surface area contributed by atoms with Gasteiger partial charge in [-0.3, -0.25) is 0 Å². The average Bonchev–Trinajstić information content (AvgIpc) is 3.23. The van der Waals surface area contributed by atoms with Gasteiger partial charge in [0.25, 0.3) is 0 Å². The smallest absolute Gasteiger partial charge is 0.000741 e. The highest BCUT2D eigenvalue weighted by Gasteiger charge is 2.35. The van der Waals surface area contributed by atoms with Crippen molar-refractivity contribution in [3.05, 3.63) is 144 Å². The molecule has 0 N–H and O–H groups in total. The van der Waals surface area contributed by atoms with Crippen LogP contribution in [-0.4, -0.2) is 0 Å². The minimum absolute atomic E-state index is 0.665. The molecule has 0 saturated carbocycles. The Balaban J connectivity index is 1.54. The van der Waals surface area contributed by atoms with Gasteiger partial charge in [-0.15, -0.1) is 0 Å². The van der Waals surface area contributed by atoms with Crippen molar-refractivity contribution in [1.82, 2.24) is 0 Å². The molecule has 4 unspecified atom stereocenters. The fourth-order valence-corrected chi connectivity index (χ4v) is 8.72. The molecule has 1 aliphatic rings. The maximum absolute atomic E-state index is 2.42. The van der Waals surface area contributed by atoms with Gasteiger partial charge < -0.3 is 0 Å². The van der Waals surface area contributed by atoms with Crippen molar-refractivity contribution in [2.24, 2.45) is 23.7 Å². The number of fused-ring (bicyclic) bond motifs is 4. The lowest BCUT2D eigenvalue weighted by molar-refractivity contribution is 0.560. The van der Waals surface area contributed by atoms with Gasteiger partial charge in [0.05, 0.1) is 0 Å². The molecule has 0 saturated heterocycles. The first kappa shape index (κ1) is 39.6. The zero-order chi connectivity index (χ0) is 39.3. The zero-order valence-corrected chi connectivity index (χ0v) is 35.5. The molecule has 6 aromatic rings. The molecule has 0 radical (unpaired) electrons. The molecular weight excluding hydrogens is 673 g/mol. The third-order valence-electron chi connectivity index (χ3n) is 13.1. The number of hydrogen-bond donors (Lipinski definition) is 0. The Bertz CT molecular complexity index is 2050. The molecule has 0 bridgehead atoms. The van der Waals surface area contributed by atoms with Gasteiger partial charge in [-0.2, -0.15) is 0 Å². The van der Waals surface area contributed by atoms with Crippen molar-refractivity contribution < 1.29 is 0 Å². The van der Waals surface area contributed by atoms with Crippen LogP contribution >= 0.6 is 0 Å². The molecule has 0 heteroatoms. The van der Waals surface area contributed by atoms with Crippen LogP contribution in [0.5, 0.6) is 0 Å². The highest BCUT2D eigenvalue weighted by molar-refractivity contribution is 6.22. The summed E-state index contributed by atoms with van der Waals surface area (Å²) in [5.41, 5.74) is 21.8. The molecule has 7 rings (SSSR count). The molecule has 0 aliphatic heterocycles. The second-order valence-corrected chi connectivity index (χ2v) is 17.5. The third-order valence-corrected chi connectivity index (χ3v) is 13.1. The van der Waals surface area contributed by atoms with E-state index in [0.29, 0.717) is 23.7 Å². The summed E-state index contributed by atoms with van der Waals surface area (Å²) in [4.78, 5) is 0.